The Morgan fingerprint density at radius 2 is 1.01 bits per heavy atom. The lowest BCUT2D eigenvalue weighted by molar-refractivity contribution is -0.263. The molecule has 4 unspecified atom stereocenters. The number of carbonyl (C=O) groups excluding carboxylic acids is 4. The molecule has 0 N–H and O–H groups in total. The Morgan fingerprint density at radius 3 is 1.41 bits per heavy atom. The van der Waals surface area contributed by atoms with E-state index >= 15 is 0 Å². The largest absolute Gasteiger partial charge is 0.463 e. The van der Waals surface area contributed by atoms with Crippen molar-refractivity contribution in [1.82, 2.24) is 0 Å². The van der Waals surface area contributed by atoms with Crippen LogP contribution < -0.4 is 0 Å². The number of allylic oxidation sites excluding steroid dienone is 2. The predicted octanol–water partition coefficient (Wildman–Crippen LogP) is 12.5. The van der Waals surface area contributed by atoms with Crippen LogP contribution in [0, 0.1) is 11.8 Å². The van der Waals surface area contributed by atoms with Crippen LogP contribution in [0.2, 0.25) is 0 Å². The summed E-state index contributed by atoms with van der Waals surface area (Å²) in [5, 5.41) is 0. The van der Waals surface area contributed by atoms with Gasteiger partial charge in [-0.1, -0.05) is 108 Å². The molecule has 2 heterocycles. The monoisotopic (exact) mass is 949 g/mol. The Hall–Kier alpha value is -4.62. The molecule has 0 bridgehead atoms. The summed E-state index contributed by atoms with van der Waals surface area (Å²) in [4.78, 5) is 46.4. The van der Waals surface area contributed by atoms with Gasteiger partial charge < -0.3 is 37.9 Å². The van der Waals surface area contributed by atoms with Crippen LogP contribution in [0.5, 0.6) is 0 Å². The molecule has 0 aromatic heterocycles. The zero-order valence-electron chi connectivity index (χ0n) is 42.5. The van der Waals surface area contributed by atoms with Gasteiger partial charge in [0.15, 0.2) is 24.8 Å². The molecule has 0 radical (unpaired) electrons. The highest BCUT2D eigenvalue weighted by Crippen LogP contribution is 2.31. The Balaban J connectivity index is 0.000000413. The van der Waals surface area contributed by atoms with Gasteiger partial charge in [-0.2, -0.15) is 0 Å². The molecule has 2 aromatic rings. The van der Waals surface area contributed by atoms with Crippen LogP contribution in [-0.2, 0) is 47.5 Å². The number of esters is 4. The smallest absolute Gasteiger partial charge is 0.338 e. The number of rotatable bonds is 26. The van der Waals surface area contributed by atoms with Crippen LogP contribution in [0.3, 0.4) is 0 Å². The van der Waals surface area contributed by atoms with E-state index in [-0.39, 0.29) is 60.3 Å². The first kappa shape index (κ1) is 59.5. The molecular weight excluding hydrogens is 865 g/mol. The minimum absolute atomic E-state index is 0.0113. The highest BCUT2D eigenvalue weighted by Gasteiger charge is 2.39. The summed E-state index contributed by atoms with van der Waals surface area (Å²) >= 11 is 0. The second-order valence-electron chi connectivity index (χ2n) is 17.7. The molecule has 0 aliphatic carbocycles. The van der Waals surface area contributed by atoms with Gasteiger partial charge in [0, 0.05) is 12.2 Å². The van der Waals surface area contributed by atoms with Gasteiger partial charge in [-0.25, -0.2) is 19.2 Å². The van der Waals surface area contributed by atoms with Gasteiger partial charge in [-0.15, -0.1) is 6.58 Å². The molecule has 4 rings (SSSR count). The molecule has 380 valence electrons. The summed E-state index contributed by atoms with van der Waals surface area (Å²) < 4.78 is 45.4. The zero-order chi connectivity index (χ0) is 50.1. The van der Waals surface area contributed by atoms with Crippen molar-refractivity contribution in [3.05, 3.63) is 109 Å². The van der Waals surface area contributed by atoms with Crippen LogP contribution in [0.1, 0.15) is 166 Å². The average Bonchev–Trinajstić information content (AvgIpc) is 3.32. The predicted molar refractivity (Wildman–Crippen MR) is 267 cm³/mol. The molecule has 10 atom stereocenters. The Labute approximate surface area is 408 Å². The molecule has 2 aliphatic rings. The fraction of sp³-hybridized carbons (Fsp3) is 0.607. The summed E-state index contributed by atoms with van der Waals surface area (Å²) in [6.07, 6.45) is 19.3. The average molecular weight is 949 g/mol. The maximum Gasteiger partial charge on any atom is 0.338 e. The lowest BCUT2D eigenvalue weighted by Crippen LogP contribution is -2.47. The SMILES string of the molecule is C=CC(=O)OCC.C=CCCCCCC[C@H](C)O[C@@H]1OC(C)[C@H](C)CC1OC(=O)c1ccccc1.CCOC(=O)/C=C/CCCCCC[C@H](C)O[C@@H]1OC(C)[C@H](C)CC1OC(=O)c1ccccc1. The van der Waals surface area contributed by atoms with Crippen LogP contribution >= 0.6 is 0 Å². The van der Waals surface area contributed by atoms with Crippen LogP contribution in [0.25, 0.3) is 0 Å². The summed E-state index contributed by atoms with van der Waals surface area (Å²) in [5.41, 5.74) is 1.09. The highest BCUT2D eigenvalue weighted by atomic mass is 16.7. The van der Waals surface area contributed by atoms with Crippen LogP contribution in [0.15, 0.2) is 98.1 Å². The second kappa shape index (κ2) is 35.5. The summed E-state index contributed by atoms with van der Waals surface area (Å²) in [5.74, 6) is -0.698. The van der Waals surface area contributed by atoms with Gasteiger partial charge in [0.05, 0.1) is 48.8 Å². The number of hydrogen-bond acceptors (Lipinski definition) is 12. The van der Waals surface area contributed by atoms with Gasteiger partial charge in [0.1, 0.15) is 0 Å². The van der Waals surface area contributed by atoms with Crippen molar-refractivity contribution < 1.29 is 57.1 Å². The Morgan fingerprint density at radius 1 is 0.603 bits per heavy atom. The molecule has 12 nitrogen and oxygen atoms in total. The van der Waals surface area contributed by atoms with E-state index < -0.39 is 18.7 Å². The third kappa shape index (κ3) is 25.1. The number of benzene rings is 2. The van der Waals surface area contributed by atoms with E-state index in [0.29, 0.717) is 30.3 Å². The van der Waals surface area contributed by atoms with E-state index in [9.17, 15) is 19.2 Å². The topological polar surface area (TPSA) is 142 Å². The van der Waals surface area contributed by atoms with Crippen molar-refractivity contribution in [2.75, 3.05) is 13.2 Å². The highest BCUT2D eigenvalue weighted by molar-refractivity contribution is 5.90. The van der Waals surface area contributed by atoms with E-state index in [4.69, 9.17) is 33.2 Å². The first-order valence-electron chi connectivity index (χ1n) is 25.1. The minimum Gasteiger partial charge on any atom is -0.463 e. The van der Waals surface area contributed by atoms with Crippen molar-refractivity contribution in [3.63, 3.8) is 0 Å². The molecule has 0 amide bonds. The molecule has 12 heteroatoms. The number of carbonyl (C=O) groups is 4. The third-order valence-electron chi connectivity index (χ3n) is 11.9. The van der Waals surface area contributed by atoms with Crippen molar-refractivity contribution in [2.45, 2.75) is 194 Å². The fourth-order valence-electron chi connectivity index (χ4n) is 7.50. The van der Waals surface area contributed by atoms with Gasteiger partial charge in [0.2, 0.25) is 0 Å². The lowest BCUT2D eigenvalue weighted by Gasteiger charge is -2.39. The molecule has 2 aromatic carbocycles. The lowest BCUT2D eigenvalue weighted by atomic mass is 9.95. The maximum atomic E-state index is 12.6. The normalized spacial score (nSPS) is 23.0. The first-order valence-corrected chi connectivity index (χ1v) is 25.1. The zero-order valence-corrected chi connectivity index (χ0v) is 42.5. The number of ether oxygens (including phenoxy) is 8. The van der Waals surface area contributed by atoms with Gasteiger partial charge in [-0.3, -0.25) is 0 Å². The quantitative estimate of drug-likeness (QED) is 0.0291. The van der Waals surface area contributed by atoms with E-state index in [1.807, 2.05) is 62.4 Å². The molecule has 2 saturated heterocycles. The fourth-order valence-corrected chi connectivity index (χ4v) is 7.50. The van der Waals surface area contributed by atoms with Gasteiger partial charge in [0.25, 0.3) is 0 Å². The van der Waals surface area contributed by atoms with Crippen LogP contribution in [0.4, 0.5) is 0 Å². The molecule has 0 saturated carbocycles. The second-order valence-corrected chi connectivity index (χ2v) is 17.7. The summed E-state index contributed by atoms with van der Waals surface area (Å²) in [7, 11) is 0. The number of hydrogen-bond donors (Lipinski definition) is 0. The summed E-state index contributed by atoms with van der Waals surface area (Å²) in [6.45, 7) is 23.8. The van der Waals surface area contributed by atoms with Crippen molar-refractivity contribution in [3.8, 4) is 0 Å². The molecule has 2 fully saturated rings. The van der Waals surface area contributed by atoms with Crippen molar-refractivity contribution >= 4 is 23.9 Å². The Kier molecular flexibility index (Phi) is 31.1. The van der Waals surface area contributed by atoms with E-state index in [2.05, 4.69) is 45.6 Å². The molecule has 68 heavy (non-hydrogen) atoms. The van der Waals surface area contributed by atoms with Gasteiger partial charge >= 0.3 is 23.9 Å². The Bertz CT molecular complexity index is 1730. The van der Waals surface area contributed by atoms with E-state index in [0.717, 1.165) is 76.7 Å². The maximum absolute atomic E-state index is 12.6. The standard InChI is InChI=1S/C27H40O6.C24H36O4.C5H8O2/c1-5-30-25(28)18-14-9-7-6-8-11-15-21(3)31-27-24(19-20(2)22(4)32-27)33-26(29)23-16-12-10-13-17-23;1-5-6-7-8-9-11-14-19(3)26-24-22(17-18(2)20(4)27-24)28-23(25)21-15-12-10-13-16-21;1-3-5(6)7-4-2/h10,12-14,16-18,20-22,24,27H,5-9,11,15,19H2,1-4H3;5,10,12-13,15-16,18-20,22,24H,1,6-9,11,14,17H2,2-4H3;3H,1,4H2,2H3/b18-14+;;/t20-,21+,22?,24?,27-;18-,19+,20?,22?,24-;/m11./s1. The molecular formula is C56H84O12. The molecule has 0 spiro atoms. The van der Waals surface area contributed by atoms with Crippen LogP contribution in [-0.4, -0.2) is 86.3 Å². The van der Waals surface area contributed by atoms with Crippen molar-refractivity contribution in [1.29, 1.82) is 0 Å². The number of unbranched alkanes of at least 4 members (excludes halogenated alkanes) is 8. The summed E-state index contributed by atoms with van der Waals surface area (Å²) in [6, 6.07) is 18.1. The van der Waals surface area contributed by atoms with Crippen molar-refractivity contribution in [2.24, 2.45) is 11.8 Å². The minimum atomic E-state index is -0.549. The van der Waals surface area contributed by atoms with E-state index in [1.165, 1.54) is 25.3 Å². The first-order chi connectivity index (χ1) is 32.7. The van der Waals surface area contributed by atoms with E-state index in [1.54, 1.807) is 38.1 Å². The third-order valence-corrected chi connectivity index (χ3v) is 11.9. The molecule has 2 aliphatic heterocycles. The van der Waals surface area contributed by atoms with Gasteiger partial charge in [-0.05, 0) is 129 Å².